The molecule has 1 aliphatic heterocycles. The first-order valence-corrected chi connectivity index (χ1v) is 8.12. The van der Waals surface area contributed by atoms with Crippen LogP contribution in [-0.2, 0) is 0 Å². The molecule has 0 radical (unpaired) electrons. The van der Waals surface area contributed by atoms with Crippen LogP contribution in [0.1, 0.15) is 24.9 Å². The van der Waals surface area contributed by atoms with Gasteiger partial charge in [-0.3, -0.25) is 0 Å². The molecule has 2 unspecified atom stereocenters. The van der Waals surface area contributed by atoms with Gasteiger partial charge in [-0.05, 0) is 37.5 Å². The molecule has 3 nitrogen and oxygen atoms in total. The second-order valence-corrected chi connectivity index (χ2v) is 7.83. The van der Waals surface area contributed by atoms with Crippen molar-refractivity contribution in [3.05, 3.63) is 17.0 Å². The molecule has 0 aromatic carbocycles. The second kappa shape index (κ2) is 6.39. The van der Waals surface area contributed by atoms with Crippen molar-refractivity contribution in [3.8, 4) is 0 Å². The van der Waals surface area contributed by atoms with Crippen LogP contribution in [0, 0.1) is 0 Å². The van der Waals surface area contributed by atoms with Crippen LogP contribution in [0.25, 0.3) is 0 Å². The number of aliphatic hydroxyl groups is 1. The summed E-state index contributed by atoms with van der Waals surface area (Å²) < 4.78 is 1.44. The van der Waals surface area contributed by atoms with Crippen LogP contribution in [0.5, 0.6) is 0 Å². The molecule has 102 valence electrons. The maximum Gasteiger partial charge on any atom is 0.0791 e. The zero-order valence-corrected chi connectivity index (χ0v) is 12.9. The second-order valence-electron chi connectivity index (χ2n) is 5.20. The van der Waals surface area contributed by atoms with Crippen molar-refractivity contribution >= 4 is 23.1 Å². The Hall–Kier alpha value is -0.0700. The Balaban J connectivity index is 1.90. The lowest BCUT2D eigenvalue weighted by Crippen LogP contribution is -2.37. The Bertz CT molecular complexity index is 381. The molecular weight excluding hydrogens is 264 g/mol. The Kier molecular flexibility index (Phi) is 5.09. The lowest BCUT2D eigenvalue weighted by atomic mass is 10.0. The highest BCUT2D eigenvalue weighted by Crippen LogP contribution is 2.43. The molecule has 3 atom stereocenters. The van der Waals surface area contributed by atoms with Crippen molar-refractivity contribution in [1.82, 2.24) is 10.2 Å². The van der Waals surface area contributed by atoms with Crippen molar-refractivity contribution in [2.24, 2.45) is 0 Å². The predicted octanol–water partition coefficient (Wildman–Crippen LogP) is 2.19. The van der Waals surface area contributed by atoms with Crippen molar-refractivity contribution in [1.29, 1.82) is 0 Å². The van der Waals surface area contributed by atoms with E-state index in [0.717, 1.165) is 6.42 Å². The van der Waals surface area contributed by atoms with Crippen molar-refractivity contribution in [2.75, 3.05) is 27.2 Å². The predicted molar refractivity (Wildman–Crippen MR) is 79.6 cm³/mol. The van der Waals surface area contributed by atoms with Crippen LogP contribution in [-0.4, -0.2) is 48.5 Å². The SMILES string of the molecule is C[C@H]1CC(NCC(O)CN(C)C)c2ccsc2S1. The highest BCUT2D eigenvalue weighted by Gasteiger charge is 2.26. The smallest absolute Gasteiger partial charge is 0.0791 e. The standard InChI is InChI=1S/C13H22N2OS2/c1-9-6-12(11-4-5-17-13(11)18-9)14-7-10(16)8-15(2)3/h4-5,9-10,12,14,16H,6-8H2,1-3H3/t9-,10?,12?/m0/s1. The van der Waals surface area contributed by atoms with Crippen LogP contribution >= 0.6 is 23.1 Å². The van der Waals surface area contributed by atoms with Gasteiger partial charge in [-0.1, -0.05) is 6.92 Å². The number of fused-ring (bicyclic) bond motifs is 1. The lowest BCUT2D eigenvalue weighted by Gasteiger charge is -2.28. The van der Waals surface area contributed by atoms with Gasteiger partial charge in [-0.15, -0.1) is 23.1 Å². The normalized spacial score (nSPS) is 25.2. The average molecular weight is 286 g/mol. The molecule has 5 heteroatoms. The number of hydrogen-bond acceptors (Lipinski definition) is 5. The summed E-state index contributed by atoms with van der Waals surface area (Å²) in [6.45, 7) is 3.65. The number of thioether (sulfide) groups is 1. The van der Waals surface area contributed by atoms with E-state index in [0.29, 0.717) is 24.4 Å². The molecule has 0 amide bonds. The molecule has 2 N–H and O–H groups in total. The van der Waals surface area contributed by atoms with Crippen molar-refractivity contribution < 1.29 is 5.11 Å². The van der Waals surface area contributed by atoms with Crippen LogP contribution in [0.15, 0.2) is 15.7 Å². The van der Waals surface area contributed by atoms with Crippen LogP contribution in [0.3, 0.4) is 0 Å². The van der Waals surface area contributed by atoms with E-state index in [1.807, 2.05) is 42.1 Å². The molecule has 0 saturated heterocycles. The highest BCUT2D eigenvalue weighted by atomic mass is 32.2. The van der Waals surface area contributed by atoms with E-state index < -0.39 is 0 Å². The minimum absolute atomic E-state index is 0.299. The van der Waals surface area contributed by atoms with E-state index in [9.17, 15) is 5.11 Å². The number of thiophene rings is 1. The fourth-order valence-electron chi connectivity index (χ4n) is 2.31. The molecule has 18 heavy (non-hydrogen) atoms. The molecule has 0 aliphatic carbocycles. The Morgan fingerprint density at radius 2 is 2.33 bits per heavy atom. The highest BCUT2D eigenvalue weighted by molar-refractivity contribution is 8.01. The summed E-state index contributed by atoms with van der Waals surface area (Å²) in [6.07, 6.45) is 0.843. The first-order valence-electron chi connectivity index (χ1n) is 6.36. The Morgan fingerprint density at radius 3 is 3.06 bits per heavy atom. The van der Waals surface area contributed by atoms with Gasteiger partial charge in [0.05, 0.1) is 10.3 Å². The van der Waals surface area contributed by atoms with Crippen LogP contribution in [0.2, 0.25) is 0 Å². The quantitative estimate of drug-likeness (QED) is 0.870. The maximum absolute atomic E-state index is 9.91. The van der Waals surface area contributed by atoms with E-state index in [1.165, 1.54) is 9.77 Å². The summed E-state index contributed by atoms with van der Waals surface area (Å²) in [5, 5.41) is 16.2. The van der Waals surface area contributed by atoms with Crippen molar-refractivity contribution in [3.63, 3.8) is 0 Å². The number of rotatable bonds is 5. The van der Waals surface area contributed by atoms with Gasteiger partial charge in [0, 0.05) is 24.4 Å². The minimum atomic E-state index is -0.299. The maximum atomic E-state index is 9.91. The van der Waals surface area contributed by atoms with Gasteiger partial charge in [0.15, 0.2) is 0 Å². The van der Waals surface area contributed by atoms with E-state index in [4.69, 9.17) is 0 Å². The average Bonchev–Trinajstić information content (AvgIpc) is 2.72. The molecule has 0 saturated carbocycles. The van der Waals surface area contributed by atoms with Gasteiger partial charge in [-0.2, -0.15) is 0 Å². The fourth-order valence-corrected chi connectivity index (χ4v) is 4.87. The summed E-state index contributed by atoms with van der Waals surface area (Å²) in [4.78, 5) is 2.02. The first-order chi connectivity index (χ1) is 8.56. The third-order valence-electron chi connectivity index (χ3n) is 3.09. The van der Waals surface area contributed by atoms with E-state index in [2.05, 4.69) is 23.7 Å². The van der Waals surface area contributed by atoms with Gasteiger partial charge in [0.2, 0.25) is 0 Å². The van der Waals surface area contributed by atoms with Gasteiger partial charge < -0.3 is 15.3 Å². The molecular formula is C13H22N2OS2. The Labute approximate surface area is 118 Å². The topological polar surface area (TPSA) is 35.5 Å². The third kappa shape index (κ3) is 3.71. The number of aliphatic hydroxyl groups excluding tert-OH is 1. The van der Waals surface area contributed by atoms with Gasteiger partial charge in [0.25, 0.3) is 0 Å². The molecule has 2 heterocycles. The first kappa shape index (κ1) is 14.3. The molecule has 2 rings (SSSR count). The largest absolute Gasteiger partial charge is 0.390 e. The summed E-state index contributed by atoms with van der Waals surface area (Å²) in [7, 11) is 3.97. The number of likely N-dealkylation sites (N-methyl/N-ethyl adjacent to an activating group) is 1. The van der Waals surface area contributed by atoms with Crippen LogP contribution < -0.4 is 5.32 Å². The number of hydrogen-bond donors (Lipinski definition) is 2. The van der Waals surface area contributed by atoms with E-state index >= 15 is 0 Å². The van der Waals surface area contributed by atoms with Crippen molar-refractivity contribution in [2.45, 2.75) is 34.9 Å². The zero-order valence-electron chi connectivity index (χ0n) is 11.2. The lowest BCUT2D eigenvalue weighted by molar-refractivity contribution is 0.130. The van der Waals surface area contributed by atoms with E-state index in [1.54, 1.807) is 0 Å². The molecule has 0 fully saturated rings. The van der Waals surface area contributed by atoms with Gasteiger partial charge in [-0.25, -0.2) is 0 Å². The monoisotopic (exact) mass is 286 g/mol. The Morgan fingerprint density at radius 1 is 1.56 bits per heavy atom. The minimum Gasteiger partial charge on any atom is -0.390 e. The van der Waals surface area contributed by atoms with Gasteiger partial charge >= 0.3 is 0 Å². The third-order valence-corrected chi connectivity index (χ3v) is 5.43. The fraction of sp³-hybridized carbons (Fsp3) is 0.692. The molecule has 0 bridgehead atoms. The molecule has 1 aromatic rings. The molecule has 1 aliphatic rings. The summed E-state index contributed by atoms with van der Waals surface area (Å²) in [6, 6.07) is 2.62. The van der Waals surface area contributed by atoms with E-state index in [-0.39, 0.29) is 6.10 Å². The summed E-state index contributed by atoms with van der Waals surface area (Å²) in [5.74, 6) is 0. The molecule has 0 spiro atoms. The molecule has 1 aromatic heterocycles. The van der Waals surface area contributed by atoms with Crippen LogP contribution in [0.4, 0.5) is 0 Å². The number of nitrogens with one attached hydrogen (secondary N) is 1. The number of nitrogens with zero attached hydrogens (tertiary/aromatic N) is 1. The van der Waals surface area contributed by atoms with Gasteiger partial charge in [0.1, 0.15) is 0 Å². The summed E-state index contributed by atoms with van der Waals surface area (Å²) in [5.41, 5.74) is 1.42. The summed E-state index contributed by atoms with van der Waals surface area (Å²) >= 11 is 3.80. The zero-order chi connectivity index (χ0) is 13.1.